The number of aryl methyl sites for hydroxylation is 2. The monoisotopic (exact) mass is 256 g/mol. The van der Waals surface area contributed by atoms with Gasteiger partial charge < -0.3 is 8.83 Å². The molecule has 0 N–H and O–H groups in total. The van der Waals surface area contributed by atoms with Gasteiger partial charge in [0.2, 0.25) is 0 Å². The predicted molar refractivity (Wildman–Crippen MR) is 75.8 cm³/mol. The zero-order valence-electron chi connectivity index (χ0n) is 11.5. The van der Waals surface area contributed by atoms with Crippen LogP contribution in [0, 0.1) is 13.8 Å². The Hall–Kier alpha value is -2.03. The highest BCUT2D eigenvalue weighted by Gasteiger charge is 2.16. The average molecular weight is 256 g/mol. The summed E-state index contributed by atoms with van der Waals surface area (Å²) in [6.45, 7) is 8.00. The van der Waals surface area contributed by atoms with Gasteiger partial charge in [-0.3, -0.25) is 0 Å². The highest BCUT2D eigenvalue weighted by Crippen LogP contribution is 2.30. The first-order chi connectivity index (χ1) is 8.99. The van der Waals surface area contributed by atoms with E-state index in [2.05, 4.69) is 0 Å². The minimum Gasteiger partial charge on any atom is -0.464 e. The maximum Gasteiger partial charge on any atom is 0.339 e. The molecule has 0 spiro atoms. The topological polar surface area (TPSA) is 43.4 Å². The molecule has 0 unspecified atom stereocenters. The summed E-state index contributed by atoms with van der Waals surface area (Å²) < 4.78 is 10.9. The molecule has 2 heterocycles. The quantitative estimate of drug-likeness (QED) is 0.610. The Labute approximate surface area is 110 Å². The third kappa shape index (κ3) is 1.69. The maximum atomic E-state index is 12.0. The van der Waals surface area contributed by atoms with Crippen LogP contribution in [-0.2, 0) is 0 Å². The highest BCUT2D eigenvalue weighted by atomic mass is 16.4. The van der Waals surface area contributed by atoms with Gasteiger partial charge >= 0.3 is 5.63 Å². The van der Waals surface area contributed by atoms with Crippen molar-refractivity contribution < 1.29 is 8.83 Å². The van der Waals surface area contributed by atoms with E-state index in [1.165, 1.54) is 0 Å². The predicted octanol–water partition coefficient (Wildman–Crippen LogP) is 4.28. The molecule has 3 heteroatoms. The zero-order chi connectivity index (χ0) is 13.7. The molecule has 0 radical (unpaired) electrons. The van der Waals surface area contributed by atoms with Crippen LogP contribution in [-0.4, -0.2) is 0 Å². The van der Waals surface area contributed by atoms with E-state index in [4.69, 9.17) is 8.83 Å². The molecule has 3 nitrogen and oxygen atoms in total. The smallest absolute Gasteiger partial charge is 0.339 e. The molecule has 2 aromatic heterocycles. The van der Waals surface area contributed by atoms with E-state index in [1.807, 2.05) is 33.8 Å². The molecule has 0 saturated carbocycles. The molecule has 0 bridgehead atoms. The van der Waals surface area contributed by atoms with Crippen molar-refractivity contribution in [2.24, 2.45) is 0 Å². The van der Waals surface area contributed by atoms with Crippen LogP contribution in [0.25, 0.3) is 21.9 Å². The fourth-order valence-electron chi connectivity index (χ4n) is 2.68. The van der Waals surface area contributed by atoms with Crippen molar-refractivity contribution in [3.63, 3.8) is 0 Å². The van der Waals surface area contributed by atoms with Crippen molar-refractivity contribution >= 4 is 21.9 Å². The lowest BCUT2D eigenvalue weighted by molar-refractivity contribution is 0.541. The molecule has 0 saturated heterocycles. The van der Waals surface area contributed by atoms with Crippen molar-refractivity contribution in [1.29, 1.82) is 0 Å². The summed E-state index contributed by atoms with van der Waals surface area (Å²) >= 11 is 0. The fourth-order valence-corrected chi connectivity index (χ4v) is 2.68. The molecule has 0 fully saturated rings. The normalized spacial score (nSPS) is 11.8. The summed E-state index contributed by atoms with van der Waals surface area (Å²) in [6.07, 6.45) is 1.72. The molecule has 19 heavy (non-hydrogen) atoms. The summed E-state index contributed by atoms with van der Waals surface area (Å²) in [4.78, 5) is 12.0. The lowest BCUT2D eigenvalue weighted by atomic mass is 9.97. The molecule has 3 rings (SSSR count). The van der Waals surface area contributed by atoms with Gasteiger partial charge in [-0.1, -0.05) is 13.8 Å². The molecular formula is C16H16O3. The summed E-state index contributed by atoms with van der Waals surface area (Å²) in [5.41, 5.74) is 3.95. The third-order valence-corrected chi connectivity index (χ3v) is 3.68. The Morgan fingerprint density at radius 3 is 2.47 bits per heavy atom. The number of benzene rings is 1. The van der Waals surface area contributed by atoms with E-state index in [0.717, 1.165) is 33.0 Å². The van der Waals surface area contributed by atoms with Gasteiger partial charge in [-0.05, 0) is 37.0 Å². The van der Waals surface area contributed by atoms with Crippen LogP contribution in [0.3, 0.4) is 0 Å². The van der Waals surface area contributed by atoms with Gasteiger partial charge in [0.25, 0.3) is 0 Å². The lowest BCUT2D eigenvalue weighted by Crippen LogP contribution is -2.11. The van der Waals surface area contributed by atoms with Gasteiger partial charge in [-0.25, -0.2) is 4.79 Å². The van der Waals surface area contributed by atoms with Crippen LogP contribution >= 0.6 is 0 Å². The molecule has 1 aromatic carbocycles. The molecule has 98 valence electrons. The Bertz CT molecular complexity index is 834. The molecule has 0 atom stereocenters. The number of hydrogen-bond donors (Lipinski definition) is 0. The summed E-state index contributed by atoms with van der Waals surface area (Å²) in [7, 11) is 0. The number of furan rings is 1. The van der Waals surface area contributed by atoms with Crippen molar-refractivity contribution in [2.75, 3.05) is 0 Å². The highest BCUT2D eigenvalue weighted by molar-refractivity contribution is 5.96. The number of rotatable bonds is 1. The largest absolute Gasteiger partial charge is 0.464 e. The average Bonchev–Trinajstić information content (AvgIpc) is 2.68. The fraction of sp³-hybridized carbons (Fsp3) is 0.312. The van der Waals surface area contributed by atoms with E-state index in [-0.39, 0.29) is 11.5 Å². The van der Waals surface area contributed by atoms with Gasteiger partial charge in [-0.15, -0.1) is 0 Å². The second-order valence-corrected chi connectivity index (χ2v) is 5.35. The first kappa shape index (κ1) is 12.0. The minimum atomic E-state index is -0.248. The maximum absolute atomic E-state index is 12.0. The van der Waals surface area contributed by atoms with Gasteiger partial charge in [-0.2, -0.15) is 0 Å². The molecular weight excluding hydrogens is 240 g/mol. The number of fused-ring (bicyclic) bond motifs is 2. The first-order valence-electron chi connectivity index (χ1n) is 6.44. The lowest BCUT2D eigenvalue weighted by Gasteiger charge is -2.10. The van der Waals surface area contributed by atoms with Gasteiger partial charge in [0.15, 0.2) is 0 Å². The van der Waals surface area contributed by atoms with Crippen LogP contribution in [0.5, 0.6) is 0 Å². The van der Waals surface area contributed by atoms with E-state index >= 15 is 0 Å². The Morgan fingerprint density at radius 1 is 1.05 bits per heavy atom. The third-order valence-electron chi connectivity index (χ3n) is 3.68. The molecule has 0 aliphatic heterocycles. The van der Waals surface area contributed by atoms with Crippen LogP contribution in [0.15, 0.2) is 32.0 Å². The summed E-state index contributed by atoms with van der Waals surface area (Å²) in [6, 6.07) is 3.85. The van der Waals surface area contributed by atoms with E-state index in [0.29, 0.717) is 5.58 Å². The van der Waals surface area contributed by atoms with Gasteiger partial charge in [0, 0.05) is 22.4 Å². The summed E-state index contributed by atoms with van der Waals surface area (Å²) in [5.74, 6) is 0.154. The molecule has 0 aliphatic carbocycles. The SMILES string of the molecule is Cc1coc2cc3oc(=O)c(C(C)C)c(C)c3cc12. The molecule has 0 amide bonds. The second-order valence-electron chi connectivity index (χ2n) is 5.35. The van der Waals surface area contributed by atoms with Crippen LogP contribution in [0.1, 0.15) is 36.5 Å². The second kappa shape index (κ2) is 3.98. The summed E-state index contributed by atoms with van der Waals surface area (Å²) in [5, 5.41) is 2.06. The van der Waals surface area contributed by atoms with Crippen molar-refractivity contribution in [3.05, 3.63) is 45.5 Å². The van der Waals surface area contributed by atoms with E-state index in [9.17, 15) is 4.79 Å². The van der Waals surface area contributed by atoms with Crippen LogP contribution < -0.4 is 5.63 Å². The van der Waals surface area contributed by atoms with Crippen LogP contribution in [0.4, 0.5) is 0 Å². The Morgan fingerprint density at radius 2 is 1.79 bits per heavy atom. The molecule has 3 aromatic rings. The first-order valence-corrected chi connectivity index (χ1v) is 6.44. The van der Waals surface area contributed by atoms with E-state index < -0.39 is 0 Å². The van der Waals surface area contributed by atoms with Crippen LogP contribution in [0.2, 0.25) is 0 Å². The van der Waals surface area contributed by atoms with Gasteiger partial charge in [0.1, 0.15) is 11.2 Å². The zero-order valence-corrected chi connectivity index (χ0v) is 11.5. The Balaban J connectivity index is 2.50. The van der Waals surface area contributed by atoms with Crippen molar-refractivity contribution in [1.82, 2.24) is 0 Å². The molecule has 0 aliphatic rings. The van der Waals surface area contributed by atoms with Crippen molar-refractivity contribution in [3.8, 4) is 0 Å². The minimum absolute atomic E-state index is 0.154. The van der Waals surface area contributed by atoms with Crippen molar-refractivity contribution in [2.45, 2.75) is 33.6 Å². The number of hydrogen-bond acceptors (Lipinski definition) is 3. The Kier molecular flexibility index (Phi) is 2.52. The van der Waals surface area contributed by atoms with E-state index in [1.54, 1.807) is 12.3 Å². The van der Waals surface area contributed by atoms with Gasteiger partial charge in [0.05, 0.1) is 6.26 Å². The standard InChI is InChI=1S/C16H16O3/c1-8(2)15-10(4)12-5-11-9(3)7-18-13(11)6-14(12)19-16(15)17/h5-8H,1-4H3.